The van der Waals surface area contributed by atoms with E-state index in [0.29, 0.717) is 45.8 Å². The number of hydrogen-bond acceptors (Lipinski definition) is 8. The van der Waals surface area contributed by atoms with Gasteiger partial charge in [0.2, 0.25) is 11.8 Å². The highest BCUT2D eigenvalue weighted by Crippen LogP contribution is 2.43. The normalized spacial score (nSPS) is 21.9. The zero-order chi connectivity index (χ0) is 34.2. The second kappa shape index (κ2) is 13.3. The number of piperidine rings is 2. The Bertz CT molecular complexity index is 1860. The first-order valence-corrected chi connectivity index (χ1v) is 16.6. The third-order valence-corrected chi connectivity index (χ3v) is 10.3. The van der Waals surface area contributed by atoms with Gasteiger partial charge in [0.05, 0.1) is 30.9 Å². The lowest BCUT2D eigenvalue weighted by Crippen LogP contribution is -2.63. The van der Waals surface area contributed by atoms with Crippen LogP contribution in [0.3, 0.4) is 0 Å². The average Bonchev–Trinajstić information content (AvgIpc) is 3.09. The van der Waals surface area contributed by atoms with Crippen LogP contribution in [0.15, 0.2) is 90.0 Å². The molecule has 1 aromatic heterocycles. The third-order valence-electron chi connectivity index (χ3n) is 10.3. The molecule has 10 nitrogen and oxygen atoms in total. The number of aliphatic hydroxyl groups is 1. The molecule has 12 heteroatoms. The monoisotopic (exact) mass is 671 g/mol. The average molecular weight is 672 g/mol. The van der Waals surface area contributed by atoms with Gasteiger partial charge in [0, 0.05) is 31.5 Å². The summed E-state index contributed by atoms with van der Waals surface area (Å²) < 4.78 is 40.1. The van der Waals surface area contributed by atoms with Crippen LogP contribution in [0, 0.1) is 17.6 Å². The van der Waals surface area contributed by atoms with Crippen LogP contribution in [-0.2, 0) is 21.6 Å². The van der Waals surface area contributed by atoms with E-state index in [2.05, 4.69) is 22.0 Å². The number of aromatic nitrogens is 2. The van der Waals surface area contributed by atoms with Crippen molar-refractivity contribution in [3.05, 3.63) is 118 Å². The molecule has 3 fully saturated rings. The SMILES string of the molecule is Nc1c(Oc2ccc(F)cc2)ncn(CC2(O)CCN(C(=O)[C@@H]3CCN(C4(c5cccc(F)c5)COC4)C[C@H]3c3ccccc3)CC2)c1=O. The zero-order valence-electron chi connectivity index (χ0n) is 27.0. The number of rotatable bonds is 8. The maximum absolute atomic E-state index is 14.3. The number of ether oxygens (including phenoxy) is 2. The van der Waals surface area contributed by atoms with Crippen LogP contribution >= 0.6 is 0 Å². The topological polar surface area (TPSA) is 123 Å². The first kappa shape index (κ1) is 32.9. The summed E-state index contributed by atoms with van der Waals surface area (Å²) in [6, 6.07) is 22.0. The lowest BCUT2D eigenvalue weighted by atomic mass is 9.76. The molecule has 3 aliphatic heterocycles. The molecule has 3 aromatic carbocycles. The van der Waals surface area contributed by atoms with Crippen LogP contribution in [0.25, 0.3) is 0 Å². The summed E-state index contributed by atoms with van der Waals surface area (Å²) in [5, 5.41) is 11.5. The lowest BCUT2D eigenvalue weighted by Gasteiger charge is -2.54. The summed E-state index contributed by atoms with van der Waals surface area (Å²) in [4.78, 5) is 35.6. The standard InChI is InChI=1S/C37H39F2N5O5/c38-27-9-11-29(12-10-27)49-33-32(40)35(46)43(24-41-33)21-36(47)14-17-42(18-15-36)34(45)30-13-16-44(20-31(30)25-5-2-1-3-6-25)37(22-48-23-37)26-7-4-8-28(39)19-26/h1-12,19,24,30-31,47H,13-18,20-23,40H2/t30-,31+/m1/s1. The van der Waals surface area contributed by atoms with Crippen LogP contribution in [0.2, 0.25) is 0 Å². The Kier molecular flexibility index (Phi) is 8.95. The molecule has 0 saturated carbocycles. The molecule has 3 aliphatic rings. The molecule has 256 valence electrons. The van der Waals surface area contributed by atoms with Crippen LogP contribution in [-0.4, -0.2) is 75.4 Å². The maximum Gasteiger partial charge on any atom is 0.280 e. The fraction of sp³-hybridized carbons (Fsp3) is 0.378. The van der Waals surface area contributed by atoms with E-state index in [-0.39, 0.29) is 60.3 Å². The van der Waals surface area contributed by atoms with Crippen molar-refractivity contribution in [2.24, 2.45) is 5.92 Å². The second-order valence-corrected chi connectivity index (χ2v) is 13.4. The largest absolute Gasteiger partial charge is 0.437 e. The molecule has 0 aliphatic carbocycles. The van der Waals surface area contributed by atoms with E-state index in [1.807, 2.05) is 29.2 Å². The summed E-state index contributed by atoms with van der Waals surface area (Å²) in [5.74, 6) is -0.848. The Balaban J connectivity index is 1.03. The van der Waals surface area contributed by atoms with Gasteiger partial charge in [-0.2, -0.15) is 0 Å². The van der Waals surface area contributed by atoms with Crippen molar-refractivity contribution in [1.82, 2.24) is 19.4 Å². The van der Waals surface area contributed by atoms with Gasteiger partial charge in [-0.1, -0.05) is 42.5 Å². The first-order valence-electron chi connectivity index (χ1n) is 16.6. The van der Waals surface area contributed by atoms with Crippen molar-refractivity contribution in [1.29, 1.82) is 0 Å². The van der Waals surface area contributed by atoms with Crippen LogP contribution < -0.4 is 16.0 Å². The lowest BCUT2D eigenvalue weighted by molar-refractivity contribution is -0.163. The predicted octanol–water partition coefficient (Wildman–Crippen LogP) is 4.28. The molecule has 3 N–H and O–H groups in total. The van der Waals surface area contributed by atoms with Crippen molar-refractivity contribution >= 4 is 11.6 Å². The minimum atomic E-state index is -1.25. The molecule has 3 saturated heterocycles. The first-order chi connectivity index (χ1) is 23.6. The Hall–Kier alpha value is -4.65. The second-order valence-electron chi connectivity index (χ2n) is 13.4. The number of benzene rings is 3. The van der Waals surface area contributed by atoms with E-state index in [1.165, 1.54) is 41.2 Å². The minimum absolute atomic E-state index is 0.0445. The maximum atomic E-state index is 14.3. The zero-order valence-corrected chi connectivity index (χ0v) is 27.0. The molecule has 0 bridgehead atoms. The van der Waals surface area contributed by atoms with Gasteiger partial charge in [-0.05, 0) is 73.3 Å². The van der Waals surface area contributed by atoms with Crippen LogP contribution in [0.5, 0.6) is 11.6 Å². The highest BCUT2D eigenvalue weighted by atomic mass is 19.1. The minimum Gasteiger partial charge on any atom is -0.437 e. The summed E-state index contributed by atoms with van der Waals surface area (Å²) in [7, 11) is 0. The number of carbonyl (C=O) groups is 1. The number of nitrogens with two attached hydrogens (primary N) is 1. The predicted molar refractivity (Wildman–Crippen MR) is 178 cm³/mol. The van der Waals surface area contributed by atoms with Crippen LogP contribution in [0.1, 0.15) is 36.3 Å². The highest BCUT2D eigenvalue weighted by Gasteiger charge is 2.50. The van der Waals surface area contributed by atoms with Crippen LogP contribution in [0.4, 0.5) is 14.5 Å². The molecule has 49 heavy (non-hydrogen) atoms. The molecule has 4 aromatic rings. The Morgan fingerprint density at radius 2 is 1.71 bits per heavy atom. The van der Waals surface area contributed by atoms with Crippen molar-refractivity contribution in [2.75, 3.05) is 45.1 Å². The van der Waals surface area contributed by atoms with E-state index >= 15 is 0 Å². The molecule has 0 spiro atoms. The van der Waals surface area contributed by atoms with Gasteiger partial charge in [-0.3, -0.25) is 19.1 Å². The Morgan fingerprint density at radius 1 is 0.980 bits per heavy atom. The van der Waals surface area contributed by atoms with E-state index in [4.69, 9.17) is 15.2 Å². The number of nitrogens with zero attached hydrogens (tertiary/aromatic N) is 4. The van der Waals surface area contributed by atoms with Gasteiger partial charge in [0.25, 0.3) is 5.56 Å². The quantitative estimate of drug-likeness (QED) is 0.285. The molecular weight excluding hydrogens is 632 g/mol. The molecule has 2 atom stereocenters. The fourth-order valence-corrected chi connectivity index (χ4v) is 7.43. The number of amides is 1. The molecule has 4 heterocycles. The Labute approximate surface area is 282 Å². The Morgan fingerprint density at radius 3 is 2.39 bits per heavy atom. The van der Waals surface area contributed by atoms with E-state index in [9.17, 15) is 23.5 Å². The van der Waals surface area contributed by atoms with Gasteiger partial charge in [-0.25, -0.2) is 13.8 Å². The molecule has 1 amide bonds. The third kappa shape index (κ3) is 6.55. The van der Waals surface area contributed by atoms with Crippen molar-refractivity contribution in [3.63, 3.8) is 0 Å². The molecule has 7 rings (SSSR count). The highest BCUT2D eigenvalue weighted by molar-refractivity contribution is 5.80. The number of anilines is 1. The summed E-state index contributed by atoms with van der Waals surface area (Å²) in [5.41, 5.74) is 5.52. The van der Waals surface area contributed by atoms with Gasteiger partial charge in [-0.15, -0.1) is 0 Å². The van der Waals surface area contributed by atoms with Gasteiger partial charge in [0.1, 0.15) is 23.7 Å². The number of carbonyl (C=O) groups excluding carboxylic acids is 1. The van der Waals surface area contributed by atoms with Crippen molar-refractivity contribution in [3.8, 4) is 11.6 Å². The molecule has 0 radical (unpaired) electrons. The van der Waals surface area contributed by atoms with E-state index in [0.717, 1.165) is 11.1 Å². The summed E-state index contributed by atoms with van der Waals surface area (Å²) >= 11 is 0. The van der Waals surface area contributed by atoms with E-state index < -0.39 is 22.5 Å². The molecular formula is C37H39F2N5O5. The van der Waals surface area contributed by atoms with Gasteiger partial charge in [0.15, 0.2) is 5.69 Å². The van der Waals surface area contributed by atoms with Gasteiger partial charge >= 0.3 is 0 Å². The van der Waals surface area contributed by atoms with Gasteiger partial charge < -0.3 is 25.2 Å². The summed E-state index contributed by atoms with van der Waals surface area (Å²) in [6.07, 6.45) is 2.44. The van der Waals surface area contributed by atoms with Crippen molar-refractivity contribution in [2.45, 2.75) is 42.9 Å². The number of nitrogen functional groups attached to an aromatic ring is 1. The molecule has 0 unspecified atom stereocenters. The fourth-order valence-electron chi connectivity index (χ4n) is 7.43. The summed E-state index contributed by atoms with van der Waals surface area (Å²) in [6.45, 7) is 2.84. The van der Waals surface area contributed by atoms with E-state index in [1.54, 1.807) is 12.1 Å². The smallest absolute Gasteiger partial charge is 0.280 e. The number of hydrogen-bond donors (Lipinski definition) is 2. The number of halogens is 2. The number of likely N-dealkylation sites (tertiary alicyclic amines) is 2. The van der Waals surface area contributed by atoms with Crippen molar-refractivity contribution < 1.29 is 28.2 Å².